The van der Waals surface area contributed by atoms with Crippen LogP contribution in [0.25, 0.3) is 133 Å². The lowest BCUT2D eigenvalue weighted by Crippen LogP contribution is -2.01. The van der Waals surface area contributed by atoms with E-state index >= 15 is 0 Å². The van der Waals surface area contributed by atoms with Gasteiger partial charge >= 0.3 is 0 Å². The van der Waals surface area contributed by atoms with E-state index < -0.39 is 0 Å². The first-order chi connectivity index (χ1) is 32.2. The molecule has 0 N–H and O–H groups in total. The predicted octanol–water partition coefficient (Wildman–Crippen LogP) is 15.3. The molecule has 0 fully saturated rings. The van der Waals surface area contributed by atoms with Crippen molar-refractivity contribution in [3.8, 4) is 45.5 Å². The molecule has 6 nitrogen and oxygen atoms in total. The maximum absolute atomic E-state index is 7.17. The molecule has 302 valence electrons. The molecule has 0 bridgehead atoms. The average Bonchev–Trinajstić information content (AvgIpc) is 4.04. The van der Waals surface area contributed by atoms with Crippen molar-refractivity contribution in [2.75, 3.05) is 0 Å². The van der Waals surface area contributed by atoms with Crippen molar-refractivity contribution in [3.05, 3.63) is 212 Å². The van der Waals surface area contributed by atoms with Crippen LogP contribution in [0.5, 0.6) is 0 Å². The first-order valence-corrected chi connectivity index (χ1v) is 21.9. The smallest absolute Gasteiger partial charge is 0.164 e. The monoisotopic (exact) mass is 829 g/mol. The van der Waals surface area contributed by atoms with E-state index in [0.29, 0.717) is 17.5 Å². The predicted molar refractivity (Wildman–Crippen MR) is 267 cm³/mol. The summed E-state index contributed by atoms with van der Waals surface area (Å²) < 4.78 is 11.8. The molecule has 0 saturated heterocycles. The number of rotatable bonds is 5. The molecule has 0 aliphatic rings. The highest BCUT2D eigenvalue weighted by molar-refractivity contribution is 6.29. The van der Waals surface area contributed by atoms with Gasteiger partial charge in [-0.1, -0.05) is 133 Å². The minimum Gasteiger partial charge on any atom is -0.455 e. The molecule has 0 radical (unpaired) electrons. The second kappa shape index (κ2) is 13.8. The summed E-state index contributed by atoms with van der Waals surface area (Å²) in [5.41, 5.74) is 11.2. The number of para-hydroxylation sites is 3. The third-order valence-electron chi connectivity index (χ3n) is 13.2. The van der Waals surface area contributed by atoms with Gasteiger partial charge in [-0.05, 0) is 100 Å². The summed E-state index contributed by atoms with van der Waals surface area (Å²) >= 11 is 0. The van der Waals surface area contributed by atoms with Crippen LogP contribution in [-0.4, -0.2) is 24.1 Å². The lowest BCUT2D eigenvalue weighted by molar-refractivity contribution is 0.677. The van der Waals surface area contributed by atoms with Gasteiger partial charge < -0.3 is 13.6 Å². The van der Waals surface area contributed by atoms with Crippen molar-refractivity contribution in [2.45, 2.75) is 0 Å². The van der Waals surface area contributed by atoms with Crippen molar-refractivity contribution >= 4 is 87.1 Å². The number of hydrogen-bond acceptors (Lipinski definition) is 4. The van der Waals surface area contributed by atoms with Gasteiger partial charge in [0.15, 0.2) is 17.5 Å². The van der Waals surface area contributed by atoms with E-state index in [0.717, 1.165) is 99.0 Å². The minimum atomic E-state index is 0.615. The number of furan rings is 1. The van der Waals surface area contributed by atoms with Crippen LogP contribution in [0.3, 0.4) is 0 Å². The number of benzene rings is 10. The van der Waals surface area contributed by atoms with Gasteiger partial charge in [0, 0.05) is 49.6 Å². The van der Waals surface area contributed by atoms with E-state index in [2.05, 4.69) is 203 Å². The molecule has 0 aliphatic heterocycles. The van der Waals surface area contributed by atoms with Crippen LogP contribution in [0.4, 0.5) is 0 Å². The van der Waals surface area contributed by atoms with Gasteiger partial charge in [0.1, 0.15) is 11.2 Å². The SMILES string of the molecule is c1ccc(-c2nc(-c3ccc(-n4c5ccccc5c5c6oc7c(ccc8c7c7ccccc7n8-c7ccccc7)c6ccc54)cc3)nc(-c3cc4ccccc4c4ccccc34)n2)cc1. The maximum Gasteiger partial charge on any atom is 0.164 e. The number of hydrogen-bond donors (Lipinski definition) is 0. The second-order valence-electron chi connectivity index (χ2n) is 16.7. The summed E-state index contributed by atoms with van der Waals surface area (Å²) in [6.45, 7) is 0. The Kier molecular flexibility index (Phi) is 7.59. The molecule has 0 amide bonds. The first-order valence-electron chi connectivity index (χ1n) is 21.9. The van der Waals surface area contributed by atoms with E-state index in [1.54, 1.807) is 0 Å². The lowest BCUT2D eigenvalue weighted by Gasteiger charge is -2.13. The van der Waals surface area contributed by atoms with Crippen LogP contribution in [0.15, 0.2) is 217 Å². The highest BCUT2D eigenvalue weighted by atomic mass is 16.3. The Hall–Kier alpha value is -8.87. The fraction of sp³-hybridized carbons (Fsp3) is 0. The Balaban J connectivity index is 0.944. The summed E-state index contributed by atoms with van der Waals surface area (Å²) in [4.78, 5) is 15.5. The molecule has 0 saturated carbocycles. The number of nitrogens with zero attached hydrogens (tertiary/aromatic N) is 5. The zero-order valence-electron chi connectivity index (χ0n) is 34.9. The Morgan fingerprint density at radius 2 is 0.769 bits per heavy atom. The molecule has 0 spiro atoms. The molecule has 10 aromatic carbocycles. The van der Waals surface area contributed by atoms with Gasteiger partial charge in [-0.3, -0.25) is 0 Å². The Morgan fingerprint density at radius 1 is 0.308 bits per heavy atom. The first kappa shape index (κ1) is 35.7. The van der Waals surface area contributed by atoms with Crippen molar-refractivity contribution in [2.24, 2.45) is 0 Å². The minimum absolute atomic E-state index is 0.615. The maximum atomic E-state index is 7.17. The quantitative estimate of drug-likeness (QED) is 0.162. The fourth-order valence-corrected chi connectivity index (χ4v) is 10.3. The summed E-state index contributed by atoms with van der Waals surface area (Å²) in [5, 5.41) is 11.3. The van der Waals surface area contributed by atoms with E-state index in [1.807, 2.05) is 18.2 Å². The molecule has 14 aromatic rings. The summed E-state index contributed by atoms with van der Waals surface area (Å²) in [7, 11) is 0. The van der Waals surface area contributed by atoms with Gasteiger partial charge in [-0.25, -0.2) is 15.0 Å². The zero-order valence-corrected chi connectivity index (χ0v) is 34.9. The van der Waals surface area contributed by atoms with Crippen molar-refractivity contribution in [1.82, 2.24) is 24.1 Å². The highest BCUT2D eigenvalue weighted by Crippen LogP contribution is 2.45. The molecular weight excluding hydrogens is 795 g/mol. The third kappa shape index (κ3) is 5.31. The van der Waals surface area contributed by atoms with Crippen LogP contribution >= 0.6 is 0 Å². The van der Waals surface area contributed by atoms with Crippen LogP contribution in [-0.2, 0) is 0 Å². The summed E-state index contributed by atoms with van der Waals surface area (Å²) in [6, 6.07) is 74.8. The van der Waals surface area contributed by atoms with Gasteiger partial charge in [0.05, 0.1) is 32.8 Å². The summed E-state index contributed by atoms with van der Waals surface area (Å²) in [6.07, 6.45) is 0. The van der Waals surface area contributed by atoms with E-state index in [9.17, 15) is 0 Å². The highest BCUT2D eigenvalue weighted by Gasteiger charge is 2.23. The molecule has 0 unspecified atom stereocenters. The molecule has 6 heteroatoms. The summed E-state index contributed by atoms with van der Waals surface area (Å²) in [5.74, 6) is 1.88. The number of aromatic nitrogens is 5. The fourth-order valence-electron chi connectivity index (χ4n) is 10.3. The lowest BCUT2D eigenvalue weighted by atomic mass is 9.97. The largest absolute Gasteiger partial charge is 0.455 e. The van der Waals surface area contributed by atoms with Crippen molar-refractivity contribution < 1.29 is 4.42 Å². The van der Waals surface area contributed by atoms with Gasteiger partial charge in [-0.15, -0.1) is 0 Å². The van der Waals surface area contributed by atoms with E-state index in [-0.39, 0.29) is 0 Å². The van der Waals surface area contributed by atoms with Crippen molar-refractivity contribution in [1.29, 1.82) is 0 Å². The van der Waals surface area contributed by atoms with Crippen LogP contribution in [0.2, 0.25) is 0 Å². The normalized spacial score (nSPS) is 12.0. The molecular formula is C59H35N5O. The van der Waals surface area contributed by atoms with Gasteiger partial charge in [0.2, 0.25) is 0 Å². The van der Waals surface area contributed by atoms with E-state index in [1.165, 1.54) is 16.2 Å². The molecule has 4 aromatic heterocycles. The molecule has 65 heavy (non-hydrogen) atoms. The average molecular weight is 830 g/mol. The Bertz CT molecular complexity index is 4220. The van der Waals surface area contributed by atoms with Crippen LogP contribution in [0, 0.1) is 0 Å². The molecule has 0 atom stereocenters. The standard InChI is InChI=1S/C59H35N5O/c1-3-15-36(16-4-1)57-60-58(62-59(61-57)48-35-38-17-7-8-20-41(38)42-21-9-10-22-43(42)48)37-27-29-40(30-28-37)64-50-26-14-12-24-47(50)54-52(64)34-32-45-44-31-33-51-53(55(44)65-56(45)54)46-23-11-13-25-49(46)63(51)39-18-5-2-6-19-39/h1-35H. The third-order valence-corrected chi connectivity index (χ3v) is 13.2. The molecule has 14 rings (SSSR count). The van der Waals surface area contributed by atoms with E-state index in [4.69, 9.17) is 19.4 Å². The molecule has 0 aliphatic carbocycles. The molecule has 4 heterocycles. The Morgan fingerprint density at radius 3 is 1.38 bits per heavy atom. The van der Waals surface area contributed by atoms with Crippen molar-refractivity contribution in [3.63, 3.8) is 0 Å². The van der Waals surface area contributed by atoms with Gasteiger partial charge in [0.25, 0.3) is 0 Å². The topological polar surface area (TPSA) is 61.7 Å². The Labute approximate surface area is 371 Å². The van der Waals surface area contributed by atoms with Gasteiger partial charge in [-0.2, -0.15) is 0 Å². The number of fused-ring (bicyclic) bond motifs is 14. The zero-order chi connectivity index (χ0) is 42.6. The van der Waals surface area contributed by atoms with Crippen LogP contribution < -0.4 is 0 Å². The second-order valence-corrected chi connectivity index (χ2v) is 16.7. The van der Waals surface area contributed by atoms with Crippen LogP contribution in [0.1, 0.15) is 0 Å².